The van der Waals surface area contributed by atoms with Crippen molar-refractivity contribution in [3.05, 3.63) is 34.1 Å². The van der Waals surface area contributed by atoms with Gasteiger partial charge in [0.25, 0.3) is 0 Å². The van der Waals surface area contributed by atoms with Crippen LogP contribution in [0.2, 0.25) is 5.02 Å². The molecular weight excluding hydrogens is 357 g/mol. The molecule has 1 aromatic carbocycles. The van der Waals surface area contributed by atoms with E-state index in [0.717, 1.165) is 62.5 Å². The Hall–Kier alpha value is -1.75. The zero-order valence-corrected chi connectivity index (χ0v) is 15.4. The molecule has 2 aliphatic carbocycles. The molecule has 3 aliphatic rings. The number of hydrogen-bond donors (Lipinski definition) is 1. The maximum absolute atomic E-state index is 14.4. The fraction of sp³-hybridized carbons (Fsp3) is 0.550. The van der Waals surface area contributed by atoms with Crippen LogP contribution < -0.4 is 10.1 Å². The Morgan fingerprint density at radius 3 is 2.69 bits per heavy atom. The number of benzene rings is 1. The van der Waals surface area contributed by atoms with Gasteiger partial charge < -0.3 is 14.8 Å². The Morgan fingerprint density at radius 1 is 1.12 bits per heavy atom. The first-order valence-corrected chi connectivity index (χ1v) is 9.85. The number of ether oxygens (including phenoxy) is 2. The van der Waals surface area contributed by atoms with Crippen molar-refractivity contribution in [2.75, 3.05) is 5.32 Å². The van der Waals surface area contributed by atoms with Crippen LogP contribution in [-0.4, -0.2) is 18.3 Å². The minimum atomic E-state index is -0.601. The van der Waals surface area contributed by atoms with Crippen LogP contribution in [0.3, 0.4) is 0 Å². The van der Waals surface area contributed by atoms with E-state index >= 15 is 0 Å². The van der Waals surface area contributed by atoms with Crippen molar-refractivity contribution in [1.82, 2.24) is 0 Å². The molecule has 1 atom stereocenters. The number of nitrogens with one attached hydrogen (secondary N) is 1. The van der Waals surface area contributed by atoms with Gasteiger partial charge >= 0.3 is 5.97 Å². The Labute approximate surface area is 157 Å². The second-order valence-electron chi connectivity index (χ2n) is 7.28. The highest BCUT2D eigenvalue weighted by Crippen LogP contribution is 2.38. The summed E-state index contributed by atoms with van der Waals surface area (Å²) in [4.78, 5) is 12.0. The van der Waals surface area contributed by atoms with E-state index in [-0.39, 0.29) is 22.8 Å². The van der Waals surface area contributed by atoms with Gasteiger partial charge in [-0.3, -0.25) is 0 Å². The van der Waals surface area contributed by atoms with Gasteiger partial charge in [0, 0.05) is 17.2 Å². The van der Waals surface area contributed by atoms with Gasteiger partial charge in [-0.1, -0.05) is 18.0 Å². The number of cyclic esters (lactones) is 1. The zero-order valence-electron chi connectivity index (χ0n) is 14.7. The summed E-state index contributed by atoms with van der Waals surface area (Å²) < 4.78 is 25.9. The summed E-state index contributed by atoms with van der Waals surface area (Å²) in [5, 5.41) is 3.29. The topological polar surface area (TPSA) is 47.6 Å². The van der Waals surface area contributed by atoms with E-state index in [4.69, 9.17) is 21.1 Å². The maximum atomic E-state index is 14.4. The van der Waals surface area contributed by atoms with Crippen LogP contribution in [0.1, 0.15) is 57.8 Å². The number of esters is 1. The second kappa shape index (κ2) is 7.47. The highest BCUT2D eigenvalue weighted by atomic mass is 35.5. The molecule has 6 heteroatoms. The smallest absolute Gasteiger partial charge is 0.336 e. The molecule has 0 amide bonds. The van der Waals surface area contributed by atoms with Gasteiger partial charge in [0.05, 0.1) is 16.8 Å². The molecule has 0 aromatic heterocycles. The van der Waals surface area contributed by atoms with Gasteiger partial charge in [0.15, 0.2) is 6.23 Å². The SMILES string of the molecule is O=C1OC(Nc2cc(OC3CCCCC3)c(Cl)cc2F)C2=C1CCCC2. The minimum Gasteiger partial charge on any atom is -0.489 e. The first-order chi connectivity index (χ1) is 12.6. The summed E-state index contributed by atoms with van der Waals surface area (Å²) in [5.41, 5.74) is 1.95. The van der Waals surface area contributed by atoms with Crippen molar-refractivity contribution in [1.29, 1.82) is 0 Å². The van der Waals surface area contributed by atoms with Crippen LogP contribution in [0.4, 0.5) is 10.1 Å². The van der Waals surface area contributed by atoms with Crippen molar-refractivity contribution in [3.8, 4) is 5.75 Å². The molecular formula is C20H23ClFNO3. The average molecular weight is 380 g/mol. The number of anilines is 1. The third-order valence-corrected chi connectivity index (χ3v) is 5.75. The minimum absolute atomic E-state index is 0.122. The van der Waals surface area contributed by atoms with Crippen LogP contribution in [-0.2, 0) is 9.53 Å². The summed E-state index contributed by atoms with van der Waals surface area (Å²) in [6.45, 7) is 0. The fourth-order valence-corrected chi connectivity index (χ4v) is 4.25. The molecule has 4 rings (SSSR count). The lowest BCUT2D eigenvalue weighted by Crippen LogP contribution is -2.24. The predicted octanol–water partition coefficient (Wildman–Crippen LogP) is 5.36. The molecule has 26 heavy (non-hydrogen) atoms. The third-order valence-electron chi connectivity index (χ3n) is 5.45. The Balaban J connectivity index is 1.53. The zero-order chi connectivity index (χ0) is 18.1. The molecule has 0 radical (unpaired) electrons. The molecule has 1 aliphatic heterocycles. The van der Waals surface area contributed by atoms with E-state index in [9.17, 15) is 9.18 Å². The van der Waals surface area contributed by atoms with E-state index in [1.54, 1.807) is 6.07 Å². The average Bonchev–Trinajstić information content (AvgIpc) is 2.96. The normalized spacial score (nSPS) is 23.6. The highest BCUT2D eigenvalue weighted by Gasteiger charge is 2.35. The monoisotopic (exact) mass is 379 g/mol. The molecule has 1 saturated carbocycles. The van der Waals surface area contributed by atoms with Crippen molar-refractivity contribution < 1.29 is 18.7 Å². The van der Waals surface area contributed by atoms with Crippen molar-refractivity contribution in [3.63, 3.8) is 0 Å². The number of halogens is 2. The van der Waals surface area contributed by atoms with Crippen molar-refractivity contribution in [2.45, 2.75) is 70.1 Å². The van der Waals surface area contributed by atoms with Gasteiger partial charge in [-0.15, -0.1) is 0 Å². The summed E-state index contributed by atoms with van der Waals surface area (Å²) in [7, 11) is 0. The van der Waals surface area contributed by atoms with Crippen LogP contribution in [0, 0.1) is 5.82 Å². The largest absolute Gasteiger partial charge is 0.489 e. The van der Waals surface area contributed by atoms with Crippen molar-refractivity contribution >= 4 is 23.3 Å². The highest BCUT2D eigenvalue weighted by molar-refractivity contribution is 6.32. The summed E-state index contributed by atoms with van der Waals surface area (Å²) in [6.07, 6.45) is 8.58. The molecule has 0 saturated heterocycles. The third kappa shape index (κ3) is 3.54. The van der Waals surface area contributed by atoms with Crippen molar-refractivity contribution in [2.24, 2.45) is 0 Å². The van der Waals surface area contributed by atoms with E-state index in [1.165, 1.54) is 12.5 Å². The molecule has 0 bridgehead atoms. The van der Waals surface area contributed by atoms with Crippen LogP contribution >= 0.6 is 11.6 Å². The first-order valence-electron chi connectivity index (χ1n) is 9.47. The maximum Gasteiger partial charge on any atom is 0.336 e. The van der Waals surface area contributed by atoms with Gasteiger partial charge in [-0.05, 0) is 57.4 Å². The number of carbonyl (C=O) groups excluding carboxylic acids is 1. The summed E-state index contributed by atoms with van der Waals surface area (Å²) >= 11 is 6.18. The Kier molecular flexibility index (Phi) is 5.07. The molecule has 4 nitrogen and oxygen atoms in total. The summed E-state index contributed by atoms with van der Waals surface area (Å²) in [5.74, 6) is -0.290. The number of rotatable bonds is 4. The fourth-order valence-electron chi connectivity index (χ4n) is 4.05. The predicted molar refractivity (Wildman–Crippen MR) is 97.9 cm³/mol. The molecule has 1 unspecified atom stereocenters. The molecule has 1 N–H and O–H groups in total. The molecule has 0 spiro atoms. The summed E-state index contributed by atoms with van der Waals surface area (Å²) in [6, 6.07) is 2.84. The number of carbonyl (C=O) groups is 1. The molecule has 1 heterocycles. The van der Waals surface area contributed by atoms with Crippen LogP contribution in [0.15, 0.2) is 23.3 Å². The lowest BCUT2D eigenvalue weighted by atomic mass is 9.92. The Bertz CT molecular complexity index is 743. The van der Waals surface area contributed by atoms with E-state index in [2.05, 4.69) is 5.32 Å². The molecule has 140 valence electrons. The molecule has 1 fully saturated rings. The van der Waals surface area contributed by atoms with E-state index in [1.807, 2.05) is 0 Å². The van der Waals surface area contributed by atoms with Gasteiger partial charge in [0.2, 0.25) is 0 Å². The Morgan fingerprint density at radius 2 is 1.88 bits per heavy atom. The van der Waals surface area contributed by atoms with E-state index < -0.39 is 12.0 Å². The van der Waals surface area contributed by atoms with Crippen LogP contribution in [0.5, 0.6) is 5.75 Å². The molecule has 1 aromatic rings. The first kappa shape index (κ1) is 17.7. The van der Waals surface area contributed by atoms with Gasteiger partial charge in [-0.2, -0.15) is 0 Å². The van der Waals surface area contributed by atoms with E-state index in [0.29, 0.717) is 5.75 Å². The standard InChI is InChI=1S/C20H23ClFNO3/c21-15-10-16(22)17(11-18(15)25-12-6-2-1-3-7-12)23-19-13-8-4-5-9-14(13)20(24)26-19/h10-12,19,23H,1-9H2. The lowest BCUT2D eigenvalue weighted by molar-refractivity contribution is -0.138. The lowest BCUT2D eigenvalue weighted by Gasteiger charge is -2.24. The quantitative estimate of drug-likeness (QED) is 0.716. The number of hydrogen-bond acceptors (Lipinski definition) is 4. The van der Waals surface area contributed by atoms with Gasteiger partial charge in [0.1, 0.15) is 11.6 Å². The van der Waals surface area contributed by atoms with Gasteiger partial charge in [-0.25, -0.2) is 9.18 Å². The second-order valence-corrected chi connectivity index (χ2v) is 7.69. The van der Waals surface area contributed by atoms with Crippen LogP contribution in [0.25, 0.3) is 0 Å².